The highest BCUT2D eigenvalue weighted by Crippen LogP contribution is 2.20. The van der Waals surface area contributed by atoms with E-state index in [1.54, 1.807) is 24.3 Å². The molecule has 0 amide bonds. The van der Waals surface area contributed by atoms with Gasteiger partial charge in [0.2, 0.25) is 0 Å². The number of para-hydroxylation sites is 1. The number of nitrogens with one attached hydrogen (secondary N) is 2. The Hall–Kier alpha value is -2.17. The molecular weight excluding hydrogens is 255 g/mol. The highest BCUT2D eigenvalue weighted by Gasteiger charge is 2.06. The first-order valence-corrected chi connectivity index (χ1v) is 6.72. The quantitative estimate of drug-likeness (QED) is 0.868. The van der Waals surface area contributed by atoms with Gasteiger partial charge in [0, 0.05) is 12.1 Å². The van der Waals surface area contributed by atoms with Gasteiger partial charge < -0.3 is 10.6 Å². The molecule has 1 heterocycles. The van der Waals surface area contributed by atoms with Crippen LogP contribution < -0.4 is 10.6 Å². The maximum Gasteiger partial charge on any atom is 0.146 e. The molecule has 0 aliphatic carbocycles. The number of nitrogens with zero attached hydrogens (tertiary/aromatic N) is 2. The summed E-state index contributed by atoms with van der Waals surface area (Å²) in [5, 5.41) is 6.27. The second-order valence-electron chi connectivity index (χ2n) is 4.74. The van der Waals surface area contributed by atoms with Crippen LogP contribution >= 0.6 is 0 Å². The Morgan fingerprint density at radius 1 is 1.20 bits per heavy atom. The van der Waals surface area contributed by atoms with Crippen LogP contribution in [0.25, 0.3) is 0 Å². The molecule has 1 aromatic heterocycles. The van der Waals surface area contributed by atoms with Crippen molar-refractivity contribution in [3.8, 4) is 0 Å². The molecule has 2 rings (SSSR count). The zero-order chi connectivity index (χ0) is 14.5. The molecule has 20 heavy (non-hydrogen) atoms. The molecule has 0 spiro atoms. The van der Waals surface area contributed by atoms with Crippen LogP contribution in [0.3, 0.4) is 0 Å². The third-order valence-corrected chi connectivity index (χ3v) is 2.98. The van der Waals surface area contributed by atoms with Crippen LogP contribution in [-0.4, -0.2) is 16.0 Å². The zero-order valence-electron chi connectivity index (χ0n) is 11.9. The summed E-state index contributed by atoms with van der Waals surface area (Å²) in [6, 6.07) is 8.62. The van der Waals surface area contributed by atoms with Crippen molar-refractivity contribution < 1.29 is 4.39 Å². The van der Waals surface area contributed by atoms with Gasteiger partial charge in [0.05, 0.1) is 5.69 Å². The number of rotatable bonds is 5. The lowest BCUT2D eigenvalue weighted by molar-refractivity contribution is 0.632. The van der Waals surface area contributed by atoms with Crippen molar-refractivity contribution in [1.82, 2.24) is 9.97 Å². The van der Waals surface area contributed by atoms with Gasteiger partial charge in [-0.15, -0.1) is 0 Å². The lowest BCUT2D eigenvalue weighted by Gasteiger charge is -2.14. The third kappa shape index (κ3) is 3.66. The standard InChI is InChI=1S/C15H19FN4/c1-4-10(2)17-14-9-15(19-11(3)18-14)20-13-8-6-5-7-12(13)16/h5-10H,4H2,1-3H3,(H2,17,18,19,20). The summed E-state index contributed by atoms with van der Waals surface area (Å²) in [5.74, 6) is 1.65. The minimum Gasteiger partial charge on any atom is -0.367 e. The lowest BCUT2D eigenvalue weighted by atomic mass is 10.2. The zero-order valence-corrected chi connectivity index (χ0v) is 11.9. The number of halogens is 1. The molecule has 2 N–H and O–H groups in total. The predicted octanol–water partition coefficient (Wildman–Crippen LogP) is 3.88. The molecule has 4 nitrogen and oxygen atoms in total. The molecule has 5 heteroatoms. The largest absolute Gasteiger partial charge is 0.367 e. The van der Waals surface area contributed by atoms with E-state index in [1.165, 1.54) is 6.07 Å². The minimum atomic E-state index is -0.305. The van der Waals surface area contributed by atoms with Gasteiger partial charge in [-0.1, -0.05) is 19.1 Å². The Labute approximate surface area is 118 Å². The van der Waals surface area contributed by atoms with Gasteiger partial charge in [0.15, 0.2) is 0 Å². The highest BCUT2D eigenvalue weighted by molar-refractivity contribution is 5.59. The van der Waals surface area contributed by atoms with Gasteiger partial charge in [-0.2, -0.15) is 0 Å². The Bertz CT molecular complexity index is 586. The number of anilines is 3. The molecule has 2 aromatic rings. The van der Waals surface area contributed by atoms with Crippen LogP contribution in [0.4, 0.5) is 21.7 Å². The number of hydrogen-bond donors (Lipinski definition) is 2. The van der Waals surface area contributed by atoms with E-state index in [1.807, 2.05) is 6.92 Å². The summed E-state index contributed by atoms with van der Waals surface area (Å²) in [6.45, 7) is 6.00. The Morgan fingerprint density at radius 2 is 1.90 bits per heavy atom. The van der Waals surface area contributed by atoms with E-state index in [-0.39, 0.29) is 5.82 Å². The lowest BCUT2D eigenvalue weighted by Crippen LogP contribution is -2.15. The van der Waals surface area contributed by atoms with Crippen LogP contribution in [0.5, 0.6) is 0 Å². The van der Waals surface area contributed by atoms with Crippen molar-refractivity contribution in [2.24, 2.45) is 0 Å². The van der Waals surface area contributed by atoms with Crippen molar-refractivity contribution in [3.63, 3.8) is 0 Å². The van der Waals surface area contributed by atoms with Crippen molar-refractivity contribution in [2.75, 3.05) is 10.6 Å². The molecule has 0 radical (unpaired) electrons. The molecule has 1 atom stereocenters. The van der Waals surface area contributed by atoms with E-state index in [0.29, 0.717) is 23.4 Å². The molecule has 1 unspecified atom stereocenters. The maximum atomic E-state index is 13.6. The fraction of sp³-hybridized carbons (Fsp3) is 0.333. The van der Waals surface area contributed by atoms with Crippen LogP contribution in [0.1, 0.15) is 26.1 Å². The summed E-state index contributed by atoms with van der Waals surface area (Å²) < 4.78 is 13.6. The maximum absolute atomic E-state index is 13.6. The molecule has 1 aromatic carbocycles. The van der Waals surface area contributed by atoms with Gasteiger partial charge in [0.25, 0.3) is 0 Å². The van der Waals surface area contributed by atoms with E-state index >= 15 is 0 Å². The Balaban J connectivity index is 2.22. The summed E-state index contributed by atoms with van der Waals surface area (Å²) in [6.07, 6.45) is 0.999. The van der Waals surface area contributed by atoms with E-state index < -0.39 is 0 Å². The third-order valence-electron chi connectivity index (χ3n) is 2.98. The van der Waals surface area contributed by atoms with E-state index in [2.05, 4.69) is 34.4 Å². The van der Waals surface area contributed by atoms with Gasteiger partial charge >= 0.3 is 0 Å². The average Bonchev–Trinajstić information content (AvgIpc) is 2.40. The van der Waals surface area contributed by atoms with Crippen molar-refractivity contribution in [1.29, 1.82) is 0 Å². The topological polar surface area (TPSA) is 49.8 Å². The normalized spacial score (nSPS) is 12.0. The Morgan fingerprint density at radius 3 is 2.60 bits per heavy atom. The molecule has 106 valence electrons. The second-order valence-corrected chi connectivity index (χ2v) is 4.74. The van der Waals surface area contributed by atoms with E-state index in [0.717, 1.165) is 12.2 Å². The van der Waals surface area contributed by atoms with Crippen molar-refractivity contribution >= 4 is 17.3 Å². The average molecular weight is 274 g/mol. The summed E-state index contributed by atoms with van der Waals surface area (Å²) in [4.78, 5) is 8.60. The number of hydrogen-bond acceptors (Lipinski definition) is 4. The molecule has 0 aliphatic heterocycles. The fourth-order valence-corrected chi connectivity index (χ4v) is 1.76. The second kappa shape index (κ2) is 6.32. The van der Waals surface area contributed by atoms with Crippen molar-refractivity contribution in [2.45, 2.75) is 33.2 Å². The molecule has 0 saturated heterocycles. The van der Waals surface area contributed by atoms with E-state index in [4.69, 9.17) is 0 Å². The number of aryl methyl sites for hydroxylation is 1. The monoisotopic (exact) mass is 274 g/mol. The molecule has 0 aliphatic rings. The first-order valence-electron chi connectivity index (χ1n) is 6.72. The van der Waals surface area contributed by atoms with Crippen molar-refractivity contribution in [3.05, 3.63) is 42.0 Å². The van der Waals surface area contributed by atoms with E-state index in [9.17, 15) is 4.39 Å². The van der Waals surface area contributed by atoms with Crippen LogP contribution in [0.15, 0.2) is 30.3 Å². The summed E-state index contributed by atoms with van der Waals surface area (Å²) in [5.41, 5.74) is 0.403. The summed E-state index contributed by atoms with van der Waals surface area (Å²) >= 11 is 0. The molecule has 0 saturated carbocycles. The SMILES string of the molecule is CCC(C)Nc1cc(Nc2ccccc2F)nc(C)n1. The minimum absolute atomic E-state index is 0.305. The van der Waals surface area contributed by atoms with Gasteiger partial charge in [-0.3, -0.25) is 0 Å². The Kier molecular flexibility index (Phi) is 4.50. The smallest absolute Gasteiger partial charge is 0.146 e. The van der Waals surface area contributed by atoms with Crippen LogP contribution in [0.2, 0.25) is 0 Å². The molecule has 0 fully saturated rings. The number of benzene rings is 1. The van der Waals surface area contributed by atoms with Gasteiger partial charge in [-0.25, -0.2) is 14.4 Å². The van der Waals surface area contributed by atoms with Gasteiger partial charge in [-0.05, 0) is 32.4 Å². The summed E-state index contributed by atoms with van der Waals surface area (Å²) in [7, 11) is 0. The van der Waals surface area contributed by atoms with Crippen LogP contribution in [0, 0.1) is 12.7 Å². The van der Waals surface area contributed by atoms with Crippen LogP contribution in [-0.2, 0) is 0 Å². The first kappa shape index (κ1) is 14.2. The molecule has 0 bridgehead atoms. The predicted molar refractivity (Wildman–Crippen MR) is 79.8 cm³/mol. The first-order chi connectivity index (χ1) is 9.58. The van der Waals surface area contributed by atoms with Gasteiger partial charge in [0.1, 0.15) is 23.3 Å². The molecular formula is C15H19FN4. The number of aromatic nitrogens is 2. The highest BCUT2D eigenvalue weighted by atomic mass is 19.1. The fourth-order valence-electron chi connectivity index (χ4n) is 1.76.